The smallest absolute Gasteiger partial charge is 0.237 e. The number of amides is 1. The summed E-state index contributed by atoms with van der Waals surface area (Å²) >= 11 is 3.56. The number of ether oxygens (including phenoxy) is 1. The number of nitrogens with zero attached hydrogens (tertiary/aromatic N) is 1. The molecule has 1 saturated heterocycles. The summed E-state index contributed by atoms with van der Waals surface area (Å²) in [6, 6.07) is 2.34. The van der Waals surface area contributed by atoms with Crippen molar-refractivity contribution in [3.63, 3.8) is 0 Å². The molecule has 2 unspecified atom stereocenters. The lowest BCUT2D eigenvalue weighted by molar-refractivity contribution is -0.121. The Kier molecular flexibility index (Phi) is 5.79. The summed E-state index contributed by atoms with van der Waals surface area (Å²) in [6.45, 7) is 6.84. The number of thiophene rings is 1. The Bertz CT molecular complexity index is 500. The van der Waals surface area contributed by atoms with Crippen LogP contribution in [0.3, 0.4) is 0 Å². The molecule has 1 aromatic rings. The van der Waals surface area contributed by atoms with E-state index in [1.54, 1.807) is 23.1 Å². The van der Waals surface area contributed by atoms with E-state index < -0.39 is 0 Å². The van der Waals surface area contributed by atoms with Gasteiger partial charge in [0.2, 0.25) is 5.91 Å². The van der Waals surface area contributed by atoms with E-state index in [9.17, 15) is 4.79 Å². The number of aryl methyl sites for hydroxylation is 1. The maximum Gasteiger partial charge on any atom is 0.237 e. The van der Waals surface area contributed by atoms with Crippen LogP contribution in [-0.2, 0) is 16.0 Å². The number of fused-ring (bicyclic) bond motifs is 1. The molecule has 0 bridgehead atoms. The standard InChI is InChI=1S/C16H24N2O2S2/c1-12(2-5-18-6-8-20-9-7-18)17-16(19)15-13-3-10-21-14(13)4-11-22-15/h3,10,12,15H,2,4-9,11H2,1H3,(H,17,19). The monoisotopic (exact) mass is 340 g/mol. The minimum absolute atomic E-state index is 0.0131. The molecule has 122 valence electrons. The lowest BCUT2D eigenvalue weighted by Crippen LogP contribution is -2.41. The van der Waals surface area contributed by atoms with Crippen molar-refractivity contribution in [1.82, 2.24) is 10.2 Å². The Labute approximate surface area is 140 Å². The summed E-state index contributed by atoms with van der Waals surface area (Å²) in [6.07, 6.45) is 2.10. The average molecular weight is 341 g/mol. The van der Waals surface area contributed by atoms with Crippen molar-refractivity contribution in [2.75, 3.05) is 38.6 Å². The molecule has 0 radical (unpaired) electrons. The molecule has 0 spiro atoms. The maximum atomic E-state index is 12.6. The van der Waals surface area contributed by atoms with E-state index in [2.05, 4.69) is 28.6 Å². The number of carbonyl (C=O) groups excluding carboxylic acids is 1. The zero-order valence-corrected chi connectivity index (χ0v) is 14.7. The number of nitrogens with one attached hydrogen (secondary N) is 1. The molecule has 4 nitrogen and oxygen atoms in total. The average Bonchev–Trinajstić information content (AvgIpc) is 3.02. The molecule has 22 heavy (non-hydrogen) atoms. The van der Waals surface area contributed by atoms with Crippen LogP contribution in [0, 0.1) is 0 Å². The van der Waals surface area contributed by atoms with Gasteiger partial charge in [-0.2, -0.15) is 0 Å². The van der Waals surface area contributed by atoms with Crippen LogP contribution in [0.5, 0.6) is 0 Å². The number of hydrogen-bond acceptors (Lipinski definition) is 5. The lowest BCUT2D eigenvalue weighted by atomic mass is 10.1. The predicted molar refractivity (Wildman–Crippen MR) is 92.7 cm³/mol. The quantitative estimate of drug-likeness (QED) is 0.893. The molecule has 1 aromatic heterocycles. The minimum Gasteiger partial charge on any atom is -0.379 e. The predicted octanol–water partition coefficient (Wildman–Crippen LogP) is 2.31. The summed E-state index contributed by atoms with van der Waals surface area (Å²) in [4.78, 5) is 16.4. The third-order valence-electron chi connectivity index (χ3n) is 4.28. The van der Waals surface area contributed by atoms with Gasteiger partial charge in [-0.3, -0.25) is 9.69 Å². The highest BCUT2D eigenvalue weighted by atomic mass is 32.2. The summed E-state index contributed by atoms with van der Waals surface area (Å²) in [5, 5.41) is 5.30. The van der Waals surface area contributed by atoms with Crippen molar-refractivity contribution in [2.24, 2.45) is 0 Å². The van der Waals surface area contributed by atoms with Crippen LogP contribution in [0.15, 0.2) is 11.4 Å². The Balaban J connectivity index is 1.47. The molecule has 6 heteroatoms. The van der Waals surface area contributed by atoms with Crippen LogP contribution >= 0.6 is 23.1 Å². The van der Waals surface area contributed by atoms with E-state index >= 15 is 0 Å². The molecule has 3 heterocycles. The van der Waals surface area contributed by atoms with Gasteiger partial charge < -0.3 is 10.1 Å². The number of morpholine rings is 1. The van der Waals surface area contributed by atoms with Crippen molar-refractivity contribution in [2.45, 2.75) is 31.1 Å². The lowest BCUT2D eigenvalue weighted by Gasteiger charge is -2.28. The molecule has 3 rings (SSSR count). The number of hydrogen-bond donors (Lipinski definition) is 1. The molecule has 2 aliphatic rings. The van der Waals surface area contributed by atoms with E-state index in [4.69, 9.17) is 4.74 Å². The van der Waals surface area contributed by atoms with Gasteiger partial charge in [0.1, 0.15) is 5.25 Å². The van der Waals surface area contributed by atoms with Crippen molar-refractivity contribution in [1.29, 1.82) is 0 Å². The Morgan fingerprint density at radius 1 is 1.50 bits per heavy atom. The van der Waals surface area contributed by atoms with Crippen molar-refractivity contribution < 1.29 is 9.53 Å². The van der Waals surface area contributed by atoms with Gasteiger partial charge in [0.25, 0.3) is 0 Å². The van der Waals surface area contributed by atoms with Gasteiger partial charge in [-0.15, -0.1) is 23.1 Å². The fraction of sp³-hybridized carbons (Fsp3) is 0.688. The first-order valence-corrected chi connectivity index (χ1v) is 9.95. The Morgan fingerprint density at radius 3 is 3.14 bits per heavy atom. The maximum absolute atomic E-state index is 12.6. The molecule has 2 atom stereocenters. The first-order chi connectivity index (χ1) is 10.7. The third-order valence-corrected chi connectivity index (χ3v) is 6.52. The van der Waals surface area contributed by atoms with E-state index in [1.165, 1.54) is 10.4 Å². The van der Waals surface area contributed by atoms with Crippen molar-refractivity contribution in [3.8, 4) is 0 Å². The van der Waals surface area contributed by atoms with E-state index in [1.807, 2.05) is 0 Å². The zero-order valence-electron chi connectivity index (χ0n) is 13.0. The summed E-state index contributed by atoms with van der Waals surface area (Å²) < 4.78 is 5.36. The van der Waals surface area contributed by atoms with Gasteiger partial charge >= 0.3 is 0 Å². The number of thioether (sulfide) groups is 1. The largest absolute Gasteiger partial charge is 0.379 e. The summed E-state index contributed by atoms with van der Waals surface area (Å²) in [5.74, 6) is 1.23. The number of rotatable bonds is 5. The second-order valence-corrected chi connectivity index (χ2v) is 8.17. The van der Waals surface area contributed by atoms with Crippen LogP contribution in [-0.4, -0.2) is 55.4 Å². The zero-order chi connectivity index (χ0) is 15.4. The molecule has 1 amide bonds. The Hall–Kier alpha value is -0.560. The molecule has 0 saturated carbocycles. The molecular formula is C16H24N2O2S2. The molecule has 0 aliphatic carbocycles. The van der Waals surface area contributed by atoms with Gasteiger partial charge in [0, 0.05) is 30.6 Å². The van der Waals surface area contributed by atoms with Crippen LogP contribution in [0.4, 0.5) is 0 Å². The third kappa shape index (κ3) is 4.04. The van der Waals surface area contributed by atoms with Crippen molar-refractivity contribution >= 4 is 29.0 Å². The van der Waals surface area contributed by atoms with Gasteiger partial charge in [-0.05, 0) is 42.5 Å². The second-order valence-electron chi connectivity index (χ2n) is 5.95. The van der Waals surface area contributed by atoms with Crippen LogP contribution in [0.1, 0.15) is 29.0 Å². The van der Waals surface area contributed by atoms with Crippen molar-refractivity contribution in [3.05, 3.63) is 21.9 Å². The van der Waals surface area contributed by atoms with Crippen LogP contribution < -0.4 is 5.32 Å². The highest BCUT2D eigenvalue weighted by molar-refractivity contribution is 8.00. The highest BCUT2D eigenvalue weighted by Crippen LogP contribution is 2.39. The molecule has 1 N–H and O–H groups in total. The van der Waals surface area contributed by atoms with Gasteiger partial charge in [-0.1, -0.05) is 0 Å². The van der Waals surface area contributed by atoms with E-state index in [-0.39, 0.29) is 17.2 Å². The highest BCUT2D eigenvalue weighted by Gasteiger charge is 2.28. The van der Waals surface area contributed by atoms with Gasteiger partial charge in [-0.25, -0.2) is 0 Å². The Morgan fingerprint density at radius 2 is 2.32 bits per heavy atom. The van der Waals surface area contributed by atoms with Gasteiger partial charge in [0.15, 0.2) is 0 Å². The van der Waals surface area contributed by atoms with Crippen LogP contribution in [0.25, 0.3) is 0 Å². The fourth-order valence-corrected chi connectivity index (χ4v) is 5.26. The van der Waals surface area contributed by atoms with Gasteiger partial charge in [0.05, 0.1) is 13.2 Å². The summed E-state index contributed by atoms with van der Waals surface area (Å²) in [7, 11) is 0. The molecule has 1 fully saturated rings. The first kappa shape index (κ1) is 16.3. The fourth-order valence-electron chi connectivity index (χ4n) is 2.96. The van der Waals surface area contributed by atoms with Crippen LogP contribution in [0.2, 0.25) is 0 Å². The first-order valence-electron chi connectivity index (χ1n) is 8.02. The van der Waals surface area contributed by atoms with E-state index in [0.717, 1.165) is 51.4 Å². The number of carbonyl (C=O) groups is 1. The normalized spacial score (nSPS) is 23.8. The second kappa shape index (κ2) is 7.81. The molecule has 2 aliphatic heterocycles. The molecular weight excluding hydrogens is 316 g/mol. The topological polar surface area (TPSA) is 41.6 Å². The molecule has 0 aromatic carbocycles. The SMILES string of the molecule is CC(CCN1CCOCC1)NC(=O)C1SCCc2sccc21. The van der Waals surface area contributed by atoms with E-state index in [0.29, 0.717) is 0 Å². The summed E-state index contributed by atoms with van der Waals surface area (Å²) in [5.41, 5.74) is 1.24. The minimum atomic E-state index is -0.0131.